The number of phosphoric acid groups is 1. The van der Waals surface area contributed by atoms with Crippen LogP contribution in [0, 0.1) is 0 Å². The highest BCUT2D eigenvalue weighted by atomic mass is 35.5. The lowest BCUT2D eigenvalue weighted by atomic mass is 10.2. The first kappa shape index (κ1) is 12.7. The van der Waals surface area contributed by atoms with Gasteiger partial charge in [0.2, 0.25) is 0 Å². The Morgan fingerprint density at radius 1 is 1.27 bits per heavy atom. The highest BCUT2D eigenvalue weighted by Crippen LogP contribution is 2.48. The average molecular weight is 251 g/mol. The first-order chi connectivity index (χ1) is 7.11. The molecule has 1 aromatic rings. The molecule has 84 valence electrons. The topological polar surface area (TPSA) is 44.8 Å². The SMILES string of the molecule is COP(=O)(OC)OCc1ccccc1Cl. The molecule has 15 heavy (non-hydrogen) atoms. The number of hydrogen-bond acceptors (Lipinski definition) is 4. The fraction of sp³-hybridized carbons (Fsp3) is 0.333. The Labute approximate surface area is 93.7 Å². The Morgan fingerprint density at radius 2 is 1.87 bits per heavy atom. The maximum absolute atomic E-state index is 11.5. The Balaban J connectivity index is 2.65. The van der Waals surface area contributed by atoms with Crippen molar-refractivity contribution in [1.29, 1.82) is 0 Å². The van der Waals surface area contributed by atoms with Crippen molar-refractivity contribution >= 4 is 19.4 Å². The van der Waals surface area contributed by atoms with Gasteiger partial charge in [-0.3, -0.25) is 13.6 Å². The Bertz CT molecular complexity index is 361. The number of halogens is 1. The molecular weight excluding hydrogens is 239 g/mol. The normalized spacial score (nSPS) is 11.7. The smallest absolute Gasteiger partial charge is 0.290 e. The van der Waals surface area contributed by atoms with Crippen LogP contribution in [0.1, 0.15) is 5.56 Å². The van der Waals surface area contributed by atoms with E-state index in [1.165, 1.54) is 14.2 Å². The fourth-order valence-electron chi connectivity index (χ4n) is 0.944. The summed E-state index contributed by atoms with van der Waals surface area (Å²) in [6, 6.07) is 7.12. The van der Waals surface area contributed by atoms with Gasteiger partial charge in [-0.25, -0.2) is 4.57 Å². The van der Waals surface area contributed by atoms with Crippen molar-refractivity contribution in [3.05, 3.63) is 34.9 Å². The molecule has 0 spiro atoms. The molecule has 0 bridgehead atoms. The first-order valence-corrected chi connectivity index (χ1v) is 6.04. The van der Waals surface area contributed by atoms with Crippen molar-refractivity contribution in [1.82, 2.24) is 0 Å². The monoisotopic (exact) mass is 250 g/mol. The van der Waals surface area contributed by atoms with Crippen LogP contribution in [0.3, 0.4) is 0 Å². The van der Waals surface area contributed by atoms with Crippen LogP contribution in [0.2, 0.25) is 5.02 Å². The molecule has 0 aliphatic rings. The van der Waals surface area contributed by atoms with Gasteiger partial charge in [0.15, 0.2) is 0 Å². The minimum Gasteiger partial charge on any atom is -0.290 e. The van der Waals surface area contributed by atoms with E-state index in [-0.39, 0.29) is 6.61 Å². The predicted octanol–water partition coefficient (Wildman–Crippen LogP) is 3.26. The first-order valence-electron chi connectivity index (χ1n) is 4.21. The van der Waals surface area contributed by atoms with E-state index in [2.05, 4.69) is 9.05 Å². The van der Waals surface area contributed by atoms with E-state index in [1.807, 2.05) is 6.07 Å². The van der Waals surface area contributed by atoms with Crippen molar-refractivity contribution < 1.29 is 18.1 Å². The van der Waals surface area contributed by atoms with E-state index in [0.29, 0.717) is 5.02 Å². The molecule has 0 fully saturated rings. The number of hydrogen-bond donors (Lipinski definition) is 0. The van der Waals surface area contributed by atoms with Gasteiger partial charge >= 0.3 is 7.82 Å². The average Bonchev–Trinajstić information content (AvgIpc) is 2.28. The van der Waals surface area contributed by atoms with Crippen molar-refractivity contribution in [2.24, 2.45) is 0 Å². The second-order valence-electron chi connectivity index (χ2n) is 2.68. The van der Waals surface area contributed by atoms with E-state index in [9.17, 15) is 4.57 Å². The fourth-order valence-corrected chi connectivity index (χ4v) is 1.79. The molecule has 0 saturated carbocycles. The van der Waals surface area contributed by atoms with E-state index in [1.54, 1.807) is 18.2 Å². The van der Waals surface area contributed by atoms with E-state index in [4.69, 9.17) is 16.1 Å². The zero-order chi connectivity index (χ0) is 11.3. The molecule has 0 unspecified atom stereocenters. The lowest BCUT2D eigenvalue weighted by Gasteiger charge is -2.13. The molecule has 0 radical (unpaired) electrons. The molecule has 0 heterocycles. The highest BCUT2D eigenvalue weighted by Gasteiger charge is 2.22. The zero-order valence-electron chi connectivity index (χ0n) is 8.47. The predicted molar refractivity (Wildman–Crippen MR) is 57.9 cm³/mol. The lowest BCUT2D eigenvalue weighted by Crippen LogP contribution is -1.96. The highest BCUT2D eigenvalue weighted by molar-refractivity contribution is 7.48. The minimum absolute atomic E-state index is 0.0820. The van der Waals surface area contributed by atoms with Gasteiger partial charge in [-0.15, -0.1) is 0 Å². The van der Waals surface area contributed by atoms with Crippen LogP contribution in [-0.4, -0.2) is 14.2 Å². The molecule has 0 aromatic heterocycles. The van der Waals surface area contributed by atoms with Crippen molar-refractivity contribution in [3.8, 4) is 0 Å². The minimum atomic E-state index is -3.43. The lowest BCUT2D eigenvalue weighted by molar-refractivity contribution is 0.146. The Morgan fingerprint density at radius 3 is 2.40 bits per heavy atom. The Kier molecular flexibility index (Phi) is 4.77. The number of benzene rings is 1. The summed E-state index contributed by atoms with van der Waals surface area (Å²) in [4.78, 5) is 0. The third-order valence-electron chi connectivity index (χ3n) is 1.78. The summed E-state index contributed by atoms with van der Waals surface area (Å²) < 4.78 is 25.8. The summed E-state index contributed by atoms with van der Waals surface area (Å²) in [7, 11) is -0.903. The van der Waals surface area contributed by atoms with Gasteiger partial charge in [0.1, 0.15) is 0 Å². The molecule has 1 aromatic carbocycles. The van der Waals surface area contributed by atoms with Gasteiger partial charge in [-0.05, 0) is 11.6 Å². The van der Waals surface area contributed by atoms with Gasteiger partial charge < -0.3 is 0 Å². The van der Waals surface area contributed by atoms with Gasteiger partial charge in [0.05, 0.1) is 6.61 Å². The number of rotatable bonds is 5. The molecule has 0 atom stereocenters. The van der Waals surface area contributed by atoms with Crippen LogP contribution < -0.4 is 0 Å². The van der Waals surface area contributed by atoms with Crippen molar-refractivity contribution in [2.75, 3.05) is 14.2 Å². The van der Waals surface area contributed by atoms with Crippen LogP contribution >= 0.6 is 19.4 Å². The molecule has 0 aliphatic carbocycles. The molecular formula is C9H12ClO4P. The molecule has 0 saturated heterocycles. The summed E-state index contributed by atoms with van der Waals surface area (Å²) in [5, 5.41) is 0.552. The van der Waals surface area contributed by atoms with Gasteiger partial charge in [0, 0.05) is 19.2 Å². The summed E-state index contributed by atoms with van der Waals surface area (Å²) in [6.45, 7) is 0.0820. The van der Waals surface area contributed by atoms with Crippen LogP contribution in [0.5, 0.6) is 0 Å². The second-order valence-corrected chi connectivity index (χ2v) is 4.97. The van der Waals surface area contributed by atoms with Crippen LogP contribution in [0.15, 0.2) is 24.3 Å². The van der Waals surface area contributed by atoms with E-state index >= 15 is 0 Å². The van der Waals surface area contributed by atoms with Crippen molar-refractivity contribution in [3.63, 3.8) is 0 Å². The zero-order valence-corrected chi connectivity index (χ0v) is 10.1. The molecule has 0 aliphatic heterocycles. The largest absolute Gasteiger partial charge is 0.474 e. The summed E-state index contributed by atoms with van der Waals surface area (Å²) in [5.41, 5.74) is 0.730. The molecule has 0 N–H and O–H groups in total. The van der Waals surface area contributed by atoms with Crippen LogP contribution in [-0.2, 0) is 24.7 Å². The van der Waals surface area contributed by atoms with Crippen LogP contribution in [0.25, 0.3) is 0 Å². The van der Waals surface area contributed by atoms with Crippen molar-refractivity contribution in [2.45, 2.75) is 6.61 Å². The van der Waals surface area contributed by atoms with E-state index < -0.39 is 7.82 Å². The quantitative estimate of drug-likeness (QED) is 0.753. The second kappa shape index (κ2) is 5.64. The molecule has 4 nitrogen and oxygen atoms in total. The van der Waals surface area contributed by atoms with Gasteiger partial charge in [-0.2, -0.15) is 0 Å². The van der Waals surface area contributed by atoms with E-state index in [0.717, 1.165) is 5.56 Å². The maximum Gasteiger partial charge on any atom is 0.474 e. The summed E-state index contributed by atoms with van der Waals surface area (Å²) >= 11 is 5.89. The third kappa shape index (κ3) is 3.59. The summed E-state index contributed by atoms with van der Waals surface area (Å²) in [6.07, 6.45) is 0. The standard InChI is InChI=1S/C9H12ClO4P/c1-12-15(11,13-2)14-7-8-5-3-4-6-9(8)10/h3-6H,7H2,1-2H3. The third-order valence-corrected chi connectivity index (χ3v) is 3.49. The summed E-state index contributed by atoms with van der Waals surface area (Å²) in [5.74, 6) is 0. The van der Waals surface area contributed by atoms with Gasteiger partial charge in [0.25, 0.3) is 0 Å². The van der Waals surface area contributed by atoms with Crippen LogP contribution in [0.4, 0.5) is 0 Å². The molecule has 1 rings (SSSR count). The molecule has 6 heteroatoms. The van der Waals surface area contributed by atoms with Gasteiger partial charge in [-0.1, -0.05) is 29.8 Å². The molecule has 0 amide bonds. The maximum atomic E-state index is 11.5. The Hall–Kier alpha value is -0.380. The number of phosphoric ester groups is 1.